The van der Waals surface area contributed by atoms with E-state index in [1.54, 1.807) is 0 Å². The fourth-order valence-electron chi connectivity index (χ4n) is 1.60. The first kappa shape index (κ1) is 32.9. The molecule has 0 bridgehead atoms. The molecule has 0 spiro atoms. The highest BCUT2D eigenvalue weighted by Crippen LogP contribution is 2.54. The number of ether oxygens (including phenoxy) is 1. The van der Waals surface area contributed by atoms with E-state index in [9.17, 15) is 97.4 Å². The predicted molar refractivity (Wildman–Crippen MR) is 62.5 cm³/mol. The fraction of sp³-hybridized carbons (Fsp3) is 0.833. The molecule has 0 saturated heterocycles. The Kier molecular flexibility index (Phi) is 7.98. The molecule has 0 saturated carbocycles. The van der Waals surface area contributed by atoms with Gasteiger partial charge in [-0.25, -0.2) is 0 Å². The van der Waals surface area contributed by atoms with E-state index < -0.39 is 72.2 Å². The number of Topliss-reactive ketones (excluding diaryl/α,β-unsaturated/α-hetero) is 2. The van der Waals surface area contributed by atoms with Crippen molar-refractivity contribution in [3.63, 3.8) is 0 Å². The second-order valence-corrected chi connectivity index (χ2v) is 6.03. The highest BCUT2D eigenvalue weighted by Gasteiger charge is 2.84. The number of halogens is 20. The van der Waals surface area contributed by atoms with Crippen molar-refractivity contribution in [2.24, 2.45) is 0 Å². The lowest BCUT2D eigenvalue weighted by atomic mass is 9.95. The second kappa shape index (κ2) is 8.49. The van der Waals surface area contributed by atoms with Crippen molar-refractivity contribution in [3.8, 4) is 0 Å². The molecule has 0 aromatic rings. The SMILES string of the molecule is O=C(CC(=O)[C@](F)(OC(F)(F)C(F)(F)C(F)(F)F)C(F)(F)F)C(F)(F)C(F)(F)C(F)(F)C(F)(F)F. The van der Waals surface area contributed by atoms with E-state index in [-0.39, 0.29) is 0 Å². The monoisotopic (exact) mass is 574 g/mol. The summed E-state index contributed by atoms with van der Waals surface area (Å²) >= 11 is 0. The number of carbonyl (C=O) groups is 2. The summed E-state index contributed by atoms with van der Waals surface area (Å²) in [5.74, 6) is -47.4. The van der Waals surface area contributed by atoms with Crippen LogP contribution in [0.3, 0.4) is 0 Å². The van der Waals surface area contributed by atoms with Gasteiger partial charge in [0.1, 0.15) is 0 Å². The first-order valence-electron chi connectivity index (χ1n) is 7.30. The molecule has 0 radical (unpaired) electrons. The van der Waals surface area contributed by atoms with Crippen LogP contribution in [0.2, 0.25) is 0 Å². The number of rotatable bonds is 9. The Bertz CT molecular complexity index is 817. The van der Waals surface area contributed by atoms with Crippen molar-refractivity contribution >= 4 is 11.6 Å². The summed E-state index contributed by atoms with van der Waals surface area (Å²) in [7, 11) is 0. The van der Waals surface area contributed by atoms with Gasteiger partial charge < -0.3 is 0 Å². The lowest BCUT2D eigenvalue weighted by molar-refractivity contribution is -0.472. The van der Waals surface area contributed by atoms with Crippen molar-refractivity contribution in [1.82, 2.24) is 0 Å². The van der Waals surface area contributed by atoms with Gasteiger partial charge in [0.05, 0.1) is 6.42 Å². The van der Waals surface area contributed by atoms with Crippen molar-refractivity contribution in [2.45, 2.75) is 60.6 Å². The van der Waals surface area contributed by atoms with Gasteiger partial charge in [-0.05, 0) is 0 Å². The molecule has 208 valence electrons. The van der Waals surface area contributed by atoms with Crippen molar-refractivity contribution in [3.05, 3.63) is 0 Å². The molecule has 1 atom stereocenters. The van der Waals surface area contributed by atoms with Crippen LogP contribution in [0.5, 0.6) is 0 Å². The minimum atomic E-state index is -7.96. The summed E-state index contributed by atoms with van der Waals surface area (Å²) in [5, 5.41) is 0. The van der Waals surface area contributed by atoms with E-state index in [0.717, 1.165) is 0 Å². The average Bonchev–Trinajstić information content (AvgIpc) is 2.57. The molecule has 0 aromatic carbocycles. The highest BCUT2D eigenvalue weighted by atomic mass is 19.4. The van der Waals surface area contributed by atoms with Gasteiger partial charge in [0.15, 0.2) is 0 Å². The standard InChI is InChI=1S/C12H2F20O3/c13-4(14,6(16,17)7(18,19)10(25,26)27)2(33)1-3(34)5(15,9(22,23)24)35-12(31,32)8(20,21)11(28,29)30/h1H2/t5-/m0/s1. The molecule has 0 unspecified atom stereocenters. The number of alkyl halides is 20. The maximum absolute atomic E-state index is 13.8. The highest BCUT2D eigenvalue weighted by molar-refractivity contribution is 6.05. The maximum Gasteiger partial charge on any atom is 0.462 e. The number of hydrogen-bond donors (Lipinski definition) is 0. The molecule has 35 heavy (non-hydrogen) atoms. The van der Waals surface area contributed by atoms with E-state index in [4.69, 9.17) is 0 Å². The molecule has 0 aromatic heterocycles. The van der Waals surface area contributed by atoms with Crippen LogP contribution in [-0.2, 0) is 14.3 Å². The van der Waals surface area contributed by atoms with Crippen LogP contribution in [0.4, 0.5) is 87.8 Å². The van der Waals surface area contributed by atoms with Crippen LogP contribution >= 0.6 is 0 Å². The van der Waals surface area contributed by atoms with E-state index in [0.29, 0.717) is 0 Å². The molecule has 0 rings (SSSR count). The van der Waals surface area contributed by atoms with E-state index in [2.05, 4.69) is 0 Å². The number of hydrogen-bond acceptors (Lipinski definition) is 3. The third-order valence-corrected chi connectivity index (χ3v) is 3.53. The summed E-state index contributed by atoms with van der Waals surface area (Å²) in [6.45, 7) is 0. The Morgan fingerprint density at radius 2 is 0.800 bits per heavy atom. The van der Waals surface area contributed by atoms with Crippen LogP contribution in [0, 0.1) is 0 Å². The van der Waals surface area contributed by atoms with Gasteiger partial charge in [-0.15, -0.1) is 0 Å². The third kappa shape index (κ3) is 5.22. The van der Waals surface area contributed by atoms with Crippen LogP contribution < -0.4 is 0 Å². The van der Waals surface area contributed by atoms with Gasteiger partial charge in [0.25, 0.3) is 0 Å². The molecule has 0 amide bonds. The smallest absolute Gasteiger partial charge is 0.292 e. The number of ketones is 2. The topological polar surface area (TPSA) is 43.4 Å². The summed E-state index contributed by atoms with van der Waals surface area (Å²) in [6.07, 6.45) is -34.6. The zero-order chi connectivity index (χ0) is 29.1. The molecule has 0 aliphatic carbocycles. The number of carbonyl (C=O) groups excluding carboxylic acids is 2. The Balaban J connectivity index is 6.42. The fourth-order valence-corrected chi connectivity index (χ4v) is 1.60. The normalized spacial score (nSPS) is 17.3. The van der Waals surface area contributed by atoms with E-state index >= 15 is 0 Å². The lowest BCUT2D eigenvalue weighted by Gasteiger charge is -2.35. The summed E-state index contributed by atoms with van der Waals surface area (Å²) in [6, 6.07) is 0. The molecular weight excluding hydrogens is 572 g/mol. The van der Waals surface area contributed by atoms with Gasteiger partial charge in [-0.1, -0.05) is 0 Å². The molecule has 23 heteroatoms. The Morgan fingerprint density at radius 1 is 0.457 bits per heavy atom. The summed E-state index contributed by atoms with van der Waals surface area (Å²) in [5.41, 5.74) is 0. The van der Waals surface area contributed by atoms with Crippen LogP contribution in [0.15, 0.2) is 0 Å². The maximum atomic E-state index is 13.8. The molecule has 0 fully saturated rings. The molecule has 0 N–H and O–H groups in total. The van der Waals surface area contributed by atoms with Gasteiger partial charge in [-0.2, -0.15) is 87.8 Å². The van der Waals surface area contributed by atoms with E-state index in [1.165, 1.54) is 4.74 Å². The predicted octanol–water partition coefficient (Wildman–Crippen LogP) is 6.02. The lowest BCUT2D eigenvalue weighted by Crippen LogP contribution is -2.64. The van der Waals surface area contributed by atoms with Gasteiger partial charge in [-0.3, -0.25) is 14.3 Å². The molecular formula is C12H2F20O3. The Morgan fingerprint density at radius 3 is 1.09 bits per heavy atom. The van der Waals surface area contributed by atoms with Crippen molar-refractivity contribution in [1.29, 1.82) is 0 Å². The van der Waals surface area contributed by atoms with Gasteiger partial charge in [0.2, 0.25) is 11.6 Å². The first-order valence-corrected chi connectivity index (χ1v) is 7.30. The molecule has 0 aliphatic rings. The quantitative estimate of drug-likeness (QED) is 0.250. The largest absolute Gasteiger partial charge is 0.462 e. The van der Waals surface area contributed by atoms with Crippen LogP contribution in [0.1, 0.15) is 6.42 Å². The third-order valence-electron chi connectivity index (χ3n) is 3.53. The minimum absolute atomic E-state index is 1.51. The van der Waals surface area contributed by atoms with Crippen LogP contribution in [-0.4, -0.2) is 65.7 Å². The van der Waals surface area contributed by atoms with Crippen molar-refractivity contribution < 1.29 is 102 Å². The molecule has 0 aliphatic heterocycles. The average molecular weight is 574 g/mol. The van der Waals surface area contributed by atoms with Gasteiger partial charge in [0, 0.05) is 0 Å². The minimum Gasteiger partial charge on any atom is -0.292 e. The Hall–Kier alpha value is -2.10. The van der Waals surface area contributed by atoms with Crippen molar-refractivity contribution in [2.75, 3.05) is 0 Å². The molecule has 3 nitrogen and oxygen atoms in total. The van der Waals surface area contributed by atoms with Gasteiger partial charge >= 0.3 is 54.2 Å². The van der Waals surface area contributed by atoms with E-state index in [1.807, 2.05) is 0 Å². The van der Waals surface area contributed by atoms with Crippen LogP contribution in [0.25, 0.3) is 0 Å². The molecule has 0 heterocycles. The zero-order valence-electron chi connectivity index (χ0n) is 15.0. The summed E-state index contributed by atoms with van der Waals surface area (Å²) in [4.78, 5) is 22.0. The zero-order valence-corrected chi connectivity index (χ0v) is 15.0. The first-order chi connectivity index (χ1) is 14.8. The Labute approximate surface area is 176 Å². The second-order valence-electron chi connectivity index (χ2n) is 6.03. The summed E-state index contributed by atoms with van der Waals surface area (Å²) < 4.78 is 254.